The minimum atomic E-state index is -0.993. The summed E-state index contributed by atoms with van der Waals surface area (Å²) in [5, 5.41) is 18.5. The lowest BCUT2D eigenvalue weighted by Gasteiger charge is -2.39. The predicted octanol–water partition coefficient (Wildman–Crippen LogP) is -1.59. The Morgan fingerprint density at radius 2 is 1.96 bits per heavy atom. The molecule has 0 saturated carbocycles. The Morgan fingerprint density at radius 1 is 1.30 bits per heavy atom. The van der Waals surface area contributed by atoms with E-state index in [1.165, 1.54) is 5.01 Å². The Kier molecular flexibility index (Phi) is 10.2. The van der Waals surface area contributed by atoms with Gasteiger partial charge in [-0.3, -0.25) is 15.7 Å². The van der Waals surface area contributed by atoms with Crippen LogP contribution in [0.25, 0.3) is 0 Å². The lowest BCUT2D eigenvalue weighted by Crippen LogP contribution is -2.61. The fourth-order valence-corrected chi connectivity index (χ4v) is 1.36. The van der Waals surface area contributed by atoms with E-state index in [0.29, 0.717) is 12.6 Å². The molecule has 1 atom stereocenters. The first-order valence-electron chi connectivity index (χ1n) is 6.62. The molecule has 0 aromatic rings. The maximum Gasteiger partial charge on any atom is 0.252 e. The van der Waals surface area contributed by atoms with Gasteiger partial charge in [-0.25, -0.2) is 15.3 Å². The van der Waals surface area contributed by atoms with Crippen molar-refractivity contribution in [3.63, 3.8) is 0 Å². The van der Waals surface area contributed by atoms with Crippen LogP contribution in [0.4, 0.5) is 0 Å². The molecule has 0 aromatic carbocycles. The summed E-state index contributed by atoms with van der Waals surface area (Å²) in [7, 11) is 3.09. The van der Waals surface area contributed by atoms with E-state index in [9.17, 15) is 9.59 Å². The van der Waals surface area contributed by atoms with E-state index in [4.69, 9.17) is 31.0 Å². The molecule has 0 aliphatic heterocycles. The van der Waals surface area contributed by atoms with Gasteiger partial charge in [0.25, 0.3) is 5.96 Å². The van der Waals surface area contributed by atoms with Crippen LogP contribution in [-0.4, -0.2) is 73.4 Å². The van der Waals surface area contributed by atoms with Crippen LogP contribution in [0.5, 0.6) is 0 Å². The number of nitrogens with two attached hydrogens (primary N) is 1. The normalized spacial score (nSPS) is 11.7. The van der Waals surface area contributed by atoms with E-state index in [-0.39, 0.29) is 19.6 Å². The van der Waals surface area contributed by atoms with E-state index < -0.39 is 18.2 Å². The summed E-state index contributed by atoms with van der Waals surface area (Å²) >= 11 is 0. The summed E-state index contributed by atoms with van der Waals surface area (Å²) in [6, 6.07) is 0. The molecule has 5 N–H and O–H groups in total. The molecule has 0 fully saturated rings. The number of nitrogens with one attached hydrogen (secondary N) is 3. The standard InChI is InChI=1S/C11H23N7O5/c1-4-21-9(5-6-19)23-18(10(12)13)17(16(2)3)11(14)15-22-8-7-20/h6-7,9H,4-5,8H2,1-3H3,(H3,12,13)(H2,14,15). The number of nitrogens with zero attached hydrogens (tertiary/aromatic N) is 3. The minimum Gasteiger partial charge on any atom is -0.367 e. The van der Waals surface area contributed by atoms with Crippen molar-refractivity contribution < 1.29 is 24.0 Å². The highest BCUT2D eigenvalue weighted by atomic mass is 16.8. The van der Waals surface area contributed by atoms with Crippen molar-refractivity contribution in [1.29, 1.82) is 10.8 Å². The zero-order valence-electron chi connectivity index (χ0n) is 13.3. The van der Waals surface area contributed by atoms with Gasteiger partial charge >= 0.3 is 0 Å². The number of hydrazine groups is 2. The molecular weight excluding hydrogens is 310 g/mol. The average molecular weight is 333 g/mol. The van der Waals surface area contributed by atoms with Crippen LogP contribution in [0.15, 0.2) is 0 Å². The Labute approximate surface area is 133 Å². The first kappa shape index (κ1) is 20.7. The maximum absolute atomic E-state index is 10.7. The van der Waals surface area contributed by atoms with Crippen LogP contribution in [0.1, 0.15) is 13.3 Å². The van der Waals surface area contributed by atoms with E-state index in [1.807, 2.05) is 0 Å². The van der Waals surface area contributed by atoms with Gasteiger partial charge in [-0.05, 0) is 6.92 Å². The molecule has 1 unspecified atom stereocenters. The van der Waals surface area contributed by atoms with Gasteiger partial charge in [0, 0.05) is 20.7 Å². The number of carbonyl (C=O) groups excluding carboxylic acids is 2. The van der Waals surface area contributed by atoms with Crippen LogP contribution < -0.4 is 11.2 Å². The van der Waals surface area contributed by atoms with Crippen molar-refractivity contribution in [2.24, 2.45) is 5.73 Å². The molecule has 0 radical (unpaired) electrons. The van der Waals surface area contributed by atoms with Crippen LogP contribution in [0.2, 0.25) is 0 Å². The number of guanidine groups is 2. The first-order valence-corrected chi connectivity index (χ1v) is 6.62. The van der Waals surface area contributed by atoms with Crippen molar-refractivity contribution in [3.05, 3.63) is 0 Å². The van der Waals surface area contributed by atoms with Gasteiger partial charge < -0.3 is 20.1 Å². The smallest absolute Gasteiger partial charge is 0.252 e. The second kappa shape index (κ2) is 11.3. The van der Waals surface area contributed by atoms with E-state index >= 15 is 0 Å². The Balaban J connectivity index is 5.14. The number of hydrogen-bond acceptors (Lipinski definition) is 8. The van der Waals surface area contributed by atoms with Crippen molar-refractivity contribution in [2.45, 2.75) is 19.6 Å². The van der Waals surface area contributed by atoms with Crippen LogP contribution >= 0.6 is 0 Å². The molecule has 12 nitrogen and oxygen atoms in total. The molecule has 0 aromatic heterocycles. The van der Waals surface area contributed by atoms with E-state index in [2.05, 4.69) is 5.48 Å². The first-order chi connectivity index (χ1) is 10.9. The Bertz CT molecular complexity index is 406. The molecule has 0 aliphatic carbocycles. The maximum atomic E-state index is 10.7. The third-order valence-electron chi connectivity index (χ3n) is 2.14. The number of ether oxygens (including phenoxy) is 1. The highest BCUT2D eigenvalue weighted by Gasteiger charge is 2.27. The molecule has 23 heavy (non-hydrogen) atoms. The van der Waals surface area contributed by atoms with Crippen LogP contribution in [0, 0.1) is 10.8 Å². The highest BCUT2D eigenvalue weighted by Crippen LogP contribution is 2.08. The second-order valence-corrected chi connectivity index (χ2v) is 4.12. The Hall–Kier alpha value is -2.28. The zero-order chi connectivity index (χ0) is 17.8. The lowest BCUT2D eigenvalue weighted by molar-refractivity contribution is -0.333. The highest BCUT2D eigenvalue weighted by molar-refractivity contribution is 5.80. The molecule has 0 bridgehead atoms. The van der Waals surface area contributed by atoms with Gasteiger partial charge in [-0.2, -0.15) is 5.12 Å². The molecular formula is C11H23N7O5. The van der Waals surface area contributed by atoms with E-state index in [0.717, 1.165) is 10.3 Å². The fraction of sp³-hybridized carbons (Fsp3) is 0.636. The topological polar surface area (TPSA) is 157 Å². The monoisotopic (exact) mass is 333 g/mol. The average Bonchev–Trinajstić information content (AvgIpc) is 2.46. The molecule has 0 rings (SSSR count). The van der Waals surface area contributed by atoms with Crippen LogP contribution in [-0.2, 0) is 24.0 Å². The molecule has 0 amide bonds. The summed E-state index contributed by atoms with van der Waals surface area (Å²) in [5.41, 5.74) is 7.65. The molecule has 0 heterocycles. The lowest BCUT2D eigenvalue weighted by atomic mass is 10.5. The molecule has 0 spiro atoms. The zero-order valence-corrected chi connectivity index (χ0v) is 13.3. The van der Waals surface area contributed by atoms with Crippen molar-refractivity contribution in [1.82, 2.24) is 20.8 Å². The molecule has 0 saturated heterocycles. The summed E-state index contributed by atoms with van der Waals surface area (Å²) in [6.45, 7) is 1.70. The second-order valence-electron chi connectivity index (χ2n) is 4.12. The van der Waals surface area contributed by atoms with E-state index in [1.54, 1.807) is 21.0 Å². The van der Waals surface area contributed by atoms with Crippen molar-refractivity contribution in [3.8, 4) is 0 Å². The predicted molar refractivity (Wildman–Crippen MR) is 79.3 cm³/mol. The number of hydroxylamine groups is 2. The van der Waals surface area contributed by atoms with Gasteiger partial charge in [-0.15, -0.1) is 5.17 Å². The van der Waals surface area contributed by atoms with Gasteiger partial charge in [0.2, 0.25) is 5.96 Å². The Morgan fingerprint density at radius 3 is 2.39 bits per heavy atom. The fourth-order valence-electron chi connectivity index (χ4n) is 1.36. The molecule has 132 valence electrons. The van der Waals surface area contributed by atoms with Crippen molar-refractivity contribution >= 4 is 24.5 Å². The minimum absolute atomic E-state index is 0.0959. The molecule has 0 aliphatic rings. The van der Waals surface area contributed by atoms with Crippen molar-refractivity contribution in [2.75, 3.05) is 27.3 Å². The van der Waals surface area contributed by atoms with Gasteiger partial charge in [0.05, 0.1) is 6.42 Å². The largest absolute Gasteiger partial charge is 0.367 e. The number of hydrogen-bond donors (Lipinski definition) is 4. The molecule has 12 heteroatoms. The SMILES string of the molecule is CCOC(CC=O)ON(C(=N)N)N(C(=N)NOCC=O)N(C)C. The third kappa shape index (κ3) is 7.51. The number of rotatable bonds is 10. The summed E-state index contributed by atoms with van der Waals surface area (Å²) < 4.78 is 5.21. The quantitative estimate of drug-likeness (QED) is 0.0917. The van der Waals surface area contributed by atoms with Crippen LogP contribution in [0.3, 0.4) is 0 Å². The summed E-state index contributed by atoms with van der Waals surface area (Å²) in [6.07, 6.45) is -0.00152. The van der Waals surface area contributed by atoms with Gasteiger partial charge in [0.15, 0.2) is 6.29 Å². The van der Waals surface area contributed by atoms with Gasteiger partial charge in [0.1, 0.15) is 19.2 Å². The number of aldehydes is 2. The third-order valence-corrected chi connectivity index (χ3v) is 2.14. The summed E-state index contributed by atoms with van der Waals surface area (Å²) in [5.74, 6) is -0.968. The summed E-state index contributed by atoms with van der Waals surface area (Å²) in [4.78, 5) is 30.9. The van der Waals surface area contributed by atoms with Gasteiger partial charge in [-0.1, -0.05) is 0 Å². The number of carbonyl (C=O) groups is 2.